The van der Waals surface area contributed by atoms with Gasteiger partial charge in [0.15, 0.2) is 0 Å². The number of nitrogens with zero attached hydrogens (tertiary/aromatic N) is 4. The highest BCUT2D eigenvalue weighted by Crippen LogP contribution is 2.32. The first-order valence-corrected chi connectivity index (χ1v) is 11.2. The molecule has 6 heteroatoms. The molecule has 5 rings (SSSR count). The largest absolute Gasteiger partial charge is 0.372 e. The number of benzene rings is 2. The van der Waals surface area contributed by atoms with Crippen molar-refractivity contribution >= 4 is 17.3 Å². The van der Waals surface area contributed by atoms with E-state index in [1.54, 1.807) is 0 Å². The molecule has 2 saturated heterocycles. The van der Waals surface area contributed by atoms with Crippen molar-refractivity contribution in [1.82, 2.24) is 10.1 Å². The number of hydrogen-bond donors (Lipinski definition) is 0. The zero-order valence-corrected chi connectivity index (χ0v) is 18.0. The fraction of sp³-hybridized carbons (Fsp3) is 0.400. The highest BCUT2D eigenvalue weighted by Gasteiger charge is 2.35. The molecule has 0 aliphatic carbocycles. The van der Waals surface area contributed by atoms with Crippen molar-refractivity contribution in [2.45, 2.75) is 44.9 Å². The van der Waals surface area contributed by atoms with Crippen LogP contribution in [0.15, 0.2) is 53.1 Å². The SMILES string of the molecule is Cc1ccc(N2C[C@H](c3nc(-c4ccc(N5CCCCCC5)cc4)no3)CC2=O)cc1. The zero-order chi connectivity index (χ0) is 21.2. The Morgan fingerprint density at radius 3 is 2.29 bits per heavy atom. The van der Waals surface area contributed by atoms with Crippen molar-refractivity contribution < 1.29 is 9.32 Å². The van der Waals surface area contributed by atoms with E-state index in [9.17, 15) is 4.79 Å². The van der Waals surface area contributed by atoms with Gasteiger partial charge in [-0.1, -0.05) is 35.7 Å². The number of carbonyl (C=O) groups excluding carboxylic acids is 1. The Hall–Kier alpha value is -3.15. The number of aryl methyl sites for hydroxylation is 1. The van der Waals surface area contributed by atoms with Crippen LogP contribution in [0.25, 0.3) is 11.4 Å². The molecule has 3 aromatic rings. The summed E-state index contributed by atoms with van der Waals surface area (Å²) < 4.78 is 5.57. The monoisotopic (exact) mass is 416 g/mol. The Morgan fingerprint density at radius 2 is 1.58 bits per heavy atom. The lowest BCUT2D eigenvalue weighted by molar-refractivity contribution is -0.117. The second-order valence-electron chi connectivity index (χ2n) is 8.65. The molecule has 2 aliphatic heterocycles. The summed E-state index contributed by atoms with van der Waals surface area (Å²) in [6, 6.07) is 16.4. The lowest BCUT2D eigenvalue weighted by Crippen LogP contribution is -2.24. The summed E-state index contributed by atoms with van der Waals surface area (Å²) in [5, 5.41) is 4.19. The quantitative estimate of drug-likeness (QED) is 0.602. The Kier molecular flexibility index (Phi) is 5.45. The van der Waals surface area contributed by atoms with Crippen molar-refractivity contribution in [3.8, 4) is 11.4 Å². The van der Waals surface area contributed by atoms with E-state index in [1.165, 1.54) is 36.9 Å². The summed E-state index contributed by atoms with van der Waals surface area (Å²) >= 11 is 0. The van der Waals surface area contributed by atoms with Crippen molar-refractivity contribution in [2.75, 3.05) is 29.4 Å². The summed E-state index contributed by atoms with van der Waals surface area (Å²) in [7, 11) is 0. The maximum atomic E-state index is 12.6. The third-order valence-corrected chi connectivity index (χ3v) is 6.36. The van der Waals surface area contributed by atoms with Crippen LogP contribution in [-0.2, 0) is 4.79 Å². The molecular weight excluding hydrogens is 388 g/mol. The van der Waals surface area contributed by atoms with Gasteiger partial charge in [-0.2, -0.15) is 4.98 Å². The summed E-state index contributed by atoms with van der Waals surface area (Å²) in [5.74, 6) is 1.13. The molecule has 2 aliphatic rings. The van der Waals surface area contributed by atoms with Crippen molar-refractivity contribution in [3.05, 3.63) is 60.0 Å². The predicted octanol–water partition coefficient (Wildman–Crippen LogP) is 4.95. The molecular formula is C25H28N4O2. The van der Waals surface area contributed by atoms with Gasteiger partial charge in [0.25, 0.3) is 0 Å². The maximum absolute atomic E-state index is 12.6. The van der Waals surface area contributed by atoms with Crippen LogP contribution in [0.2, 0.25) is 0 Å². The topological polar surface area (TPSA) is 62.5 Å². The molecule has 31 heavy (non-hydrogen) atoms. The van der Waals surface area contributed by atoms with E-state index in [1.807, 2.05) is 36.1 Å². The average Bonchev–Trinajstić information content (AvgIpc) is 3.33. The molecule has 0 saturated carbocycles. The van der Waals surface area contributed by atoms with Crippen molar-refractivity contribution in [2.24, 2.45) is 0 Å². The number of rotatable bonds is 4. The fourth-order valence-corrected chi connectivity index (χ4v) is 4.52. The molecule has 0 spiro atoms. The van der Waals surface area contributed by atoms with E-state index in [-0.39, 0.29) is 11.8 Å². The molecule has 0 radical (unpaired) electrons. The molecule has 2 fully saturated rings. The van der Waals surface area contributed by atoms with Crippen LogP contribution in [0.4, 0.5) is 11.4 Å². The number of anilines is 2. The number of aromatic nitrogens is 2. The smallest absolute Gasteiger partial charge is 0.232 e. The summed E-state index contributed by atoms with van der Waals surface area (Å²) in [6.07, 6.45) is 5.56. The minimum atomic E-state index is -0.0774. The second-order valence-corrected chi connectivity index (χ2v) is 8.65. The molecule has 0 bridgehead atoms. The van der Waals surface area contributed by atoms with E-state index < -0.39 is 0 Å². The zero-order valence-electron chi connectivity index (χ0n) is 18.0. The number of amides is 1. The van der Waals surface area contributed by atoms with Gasteiger partial charge < -0.3 is 14.3 Å². The van der Waals surface area contributed by atoms with Crippen LogP contribution in [0.3, 0.4) is 0 Å². The van der Waals surface area contributed by atoms with E-state index in [2.05, 4.69) is 39.3 Å². The van der Waals surface area contributed by atoms with Crippen LogP contribution in [0.1, 0.15) is 49.5 Å². The normalized spacial score (nSPS) is 19.6. The van der Waals surface area contributed by atoms with Gasteiger partial charge in [0.1, 0.15) is 0 Å². The van der Waals surface area contributed by atoms with E-state index in [4.69, 9.17) is 4.52 Å². The molecule has 3 heterocycles. The van der Waals surface area contributed by atoms with E-state index >= 15 is 0 Å². The minimum absolute atomic E-state index is 0.0774. The highest BCUT2D eigenvalue weighted by molar-refractivity contribution is 5.96. The van der Waals surface area contributed by atoms with E-state index in [0.717, 1.165) is 24.3 Å². The minimum Gasteiger partial charge on any atom is -0.372 e. The van der Waals surface area contributed by atoms with Crippen LogP contribution >= 0.6 is 0 Å². The first-order chi connectivity index (χ1) is 15.2. The molecule has 160 valence electrons. The summed E-state index contributed by atoms with van der Waals surface area (Å²) in [4.78, 5) is 21.5. The van der Waals surface area contributed by atoms with Gasteiger partial charge >= 0.3 is 0 Å². The van der Waals surface area contributed by atoms with Gasteiger partial charge in [-0.3, -0.25) is 4.79 Å². The van der Waals surface area contributed by atoms with Crippen molar-refractivity contribution in [3.63, 3.8) is 0 Å². The van der Waals surface area contributed by atoms with E-state index in [0.29, 0.717) is 24.7 Å². The lowest BCUT2D eigenvalue weighted by Gasteiger charge is -2.22. The summed E-state index contributed by atoms with van der Waals surface area (Å²) in [6.45, 7) is 4.86. The Labute approximate surface area is 182 Å². The van der Waals surface area contributed by atoms with Crippen LogP contribution in [0.5, 0.6) is 0 Å². The Balaban J connectivity index is 1.29. The van der Waals surface area contributed by atoms with Gasteiger partial charge in [0.05, 0.1) is 5.92 Å². The molecule has 1 aromatic heterocycles. The molecule has 2 aromatic carbocycles. The molecule has 0 N–H and O–H groups in total. The van der Waals surface area contributed by atoms with Gasteiger partial charge in [0, 0.05) is 43.0 Å². The van der Waals surface area contributed by atoms with Crippen molar-refractivity contribution in [1.29, 1.82) is 0 Å². The first-order valence-electron chi connectivity index (χ1n) is 11.2. The third kappa shape index (κ3) is 4.20. The standard InChI is InChI=1S/C25H28N4O2/c1-18-6-10-22(11-7-18)29-17-20(16-23(29)30)25-26-24(27-31-25)19-8-12-21(13-9-19)28-14-4-2-3-5-15-28/h6-13,20H,2-5,14-17H2,1H3/t20-/m1/s1. The van der Waals surface area contributed by atoms with Gasteiger partial charge in [-0.25, -0.2) is 0 Å². The lowest BCUT2D eigenvalue weighted by atomic mass is 10.1. The highest BCUT2D eigenvalue weighted by atomic mass is 16.5. The molecule has 6 nitrogen and oxygen atoms in total. The van der Waals surface area contributed by atoms with Crippen LogP contribution < -0.4 is 9.80 Å². The summed E-state index contributed by atoms with van der Waals surface area (Å²) in [5.41, 5.74) is 4.29. The molecule has 0 unspecified atom stereocenters. The Morgan fingerprint density at radius 1 is 0.903 bits per heavy atom. The second kappa shape index (κ2) is 8.53. The molecule has 1 atom stereocenters. The number of carbonyl (C=O) groups is 1. The fourth-order valence-electron chi connectivity index (χ4n) is 4.52. The first kappa shape index (κ1) is 19.8. The van der Waals surface area contributed by atoms with Gasteiger partial charge in [-0.15, -0.1) is 0 Å². The van der Waals surface area contributed by atoms with Gasteiger partial charge in [-0.05, 0) is 56.2 Å². The van der Waals surface area contributed by atoms with Crippen LogP contribution in [0, 0.1) is 6.92 Å². The predicted molar refractivity (Wildman–Crippen MR) is 121 cm³/mol. The maximum Gasteiger partial charge on any atom is 0.232 e. The third-order valence-electron chi connectivity index (χ3n) is 6.36. The molecule has 1 amide bonds. The van der Waals surface area contributed by atoms with Gasteiger partial charge in [0.2, 0.25) is 17.6 Å². The van der Waals surface area contributed by atoms with Crippen LogP contribution in [-0.4, -0.2) is 35.7 Å². The average molecular weight is 417 g/mol. The Bertz CT molecular complexity index is 1030. The number of hydrogen-bond acceptors (Lipinski definition) is 5.